The number of hydrogen-bond acceptors (Lipinski definition) is 4. The lowest BCUT2D eigenvalue weighted by atomic mass is 10.1. The minimum absolute atomic E-state index is 0.0307. The van der Waals surface area contributed by atoms with Gasteiger partial charge in [-0.25, -0.2) is 0 Å². The van der Waals surface area contributed by atoms with Crippen LogP contribution in [0.2, 0.25) is 0 Å². The molecule has 1 saturated heterocycles. The van der Waals surface area contributed by atoms with E-state index in [1.807, 2.05) is 24.3 Å². The van der Waals surface area contributed by atoms with Crippen LogP contribution in [0.1, 0.15) is 25.7 Å². The number of aromatic amines is 1. The summed E-state index contributed by atoms with van der Waals surface area (Å²) in [5.41, 5.74) is 2.53. The first-order valence-corrected chi connectivity index (χ1v) is 7.84. The summed E-state index contributed by atoms with van der Waals surface area (Å²) in [5.74, 6) is 0.113. The topological polar surface area (TPSA) is 73.9 Å². The van der Waals surface area contributed by atoms with Crippen LogP contribution in [-0.2, 0) is 4.79 Å². The smallest absolute Gasteiger partial charge is 0.241 e. The third kappa shape index (κ3) is 2.62. The molecule has 0 spiro atoms. The van der Waals surface area contributed by atoms with E-state index in [0.717, 1.165) is 36.3 Å². The number of benzene rings is 1. The summed E-state index contributed by atoms with van der Waals surface area (Å²) in [7, 11) is 0. The predicted molar refractivity (Wildman–Crippen MR) is 83.2 cm³/mol. The molecule has 6 heteroatoms. The van der Waals surface area contributed by atoms with Crippen molar-refractivity contribution in [2.45, 2.75) is 37.8 Å². The molecule has 114 valence electrons. The van der Waals surface area contributed by atoms with Gasteiger partial charge < -0.3 is 5.32 Å². The Kier molecular flexibility index (Phi) is 3.38. The van der Waals surface area contributed by atoms with E-state index >= 15 is 0 Å². The van der Waals surface area contributed by atoms with Gasteiger partial charge in [-0.15, -0.1) is 0 Å². The molecule has 0 bridgehead atoms. The van der Waals surface area contributed by atoms with Crippen LogP contribution in [-0.4, -0.2) is 44.8 Å². The van der Waals surface area contributed by atoms with Crippen molar-refractivity contribution in [3.8, 4) is 11.3 Å². The molecule has 6 nitrogen and oxygen atoms in total. The van der Waals surface area contributed by atoms with Gasteiger partial charge in [0, 0.05) is 17.3 Å². The summed E-state index contributed by atoms with van der Waals surface area (Å²) in [4.78, 5) is 14.9. The highest BCUT2D eigenvalue weighted by molar-refractivity contribution is 5.95. The number of hydrogen-bond donors (Lipinski definition) is 2. The third-order valence-corrected chi connectivity index (χ3v) is 4.45. The monoisotopic (exact) mass is 297 g/mol. The first kappa shape index (κ1) is 13.5. The average Bonchev–Trinajstić information content (AvgIpc) is 3.05. The quantitative estimate of drug-likeness (QED) is 0.905. The third-order valence-electron chi connectivity index (χ3n) is 4.45. The zero-order chi connectivity index (χ0) is 14.9. The van der Waals surface area contributed by atoms with E-state index in [-0.39, 0.29) is 11.9 Å². The number of H-pyrrole nitrogens is 1. The van der Waals surface area contributed by atoms with E-state index in [2.05, 4.69) is 25.6 Å². The maximum absolute atomic E-state index is 12.6. The van der Waals surface area contributed by atoms with Crippen molar-refractivity contribution in [1.82, 2.24) is 20.3 Å². The van der Waals surface area contributed by atoms with Crippen LogP contribution in [0.4, 0.5) is 5.69 Å². The van der Waals surface area contributed by atoms with Crippen molar-refractivity contribution in [3.63, 3.8) is 0 Å². The molecule has 4 rings (SSSR count). The molecule has 2 N–H and O–H groups in total. The SMILES string of the molecule is O=C(Nc1cccc(-c2cn[nH]n2)c1)C1CCCN1C1CC1. The molecule has 1 aromatic carbocycles. The van der Waals surface area contributed by atoms with E-state index in [4.69, 9.17) is 0 Å². The van der Waals surface area contributed by atoms with E-state index in [0.29, 0.717) is 6.04 Å². The molecule has 1 aliphatic heterocycles. The molecule has 2 heterocycles. The van der Waals surface area contributed by atoms with Crippen molar-refractivity contribution < 1.29 is 4.79 Å². The number of carbonyl (C=O) groups is 1. The van der Waals surface area contributed by atoms with Crippen molar-refractivity contribution in [2.24, 2.45) is 0 Å². The van der Waals surface area contributed by atoms with Gasteiger partial charge in [0.1, 0.15) is 5.69 Å². The lowest BCUT2D eigenvalue weighted by molar-refractivity contribution is -0.120. The molecule has 1 aromatic heterocycles. The van der Waals surface area contributed by atoms with Crippen molar-refractivity contribution >= 4 is 11.6 Å². The highest BCUT2D eigenvalue weighted by atomic mass is 16.2. The maximum atomic E-state index is 12.6. The molecule has 1 aliphatic carbocycles. The molecule has 1 unspecified atom stereocenters. The first-order chi connectivity index (χ1) is 10.8. The highest BCUT2D eigenvalue weighted by Gasteiger charge is 2.39. The standard InChI is InChI=1S/C16H19N5O/c22-16(15-5-2-8-21(15)13-6-7-13)18-12-4-1-3-11(9-12)14-10-17-20-19-14/h1,3-4,9-10,13,15H,2,5-8H2,(H,18,22)(H,17,19,20). The number of likely N-dealkylation sites (tertiary alicyclic amines) is 1. The lowest BCUT2D eigenvalue weighted by Gasteiger charge is -2.23. The molecule has 1 saturated carbocycles. The van der Waals surface area contributed by atoms with E-state index in [1.54, 1.807) is 6.20 Å². The Bertz CT molecular complexity index is 665. The van der Waals surface area contributed by atoms with Gasteiger partial charge >= 0.3 is 0 Å². The fraction of sp³-hybridized carbons (Fsp3) is 0.438. The highest BCUT2D eigenvalue weighted by Crippen LogP contribution is 2.33. The van der Waals surface area contributed by atoms with Crippen molar-refractivity contribution in [3.05, 3.63) is 30.5 Å². The minimum atomic E-state index is 0.0307. The second kappa shape index (κ2) is 5.53. The fourth-order valence-corrected chi connectivity index (χ4v) is 3.24. The summed E-state index contributed by atoms with van der Waals surface area (Å²) in [5, 5.41) is 13.6. The summed E-state index contributed by atoms with van der Waals surface area (Å²) >= 11 is 0. The fourth-order valence-electron chi connectivity index (χ4n) is 3.24. The van der Waals surface area contributed by atoms with Gasteiger partial charge in [0.25, 0.3) is 0 Å². The van der Waals surface area contributed by atoms with E-state index in [9.17, 15) is 4.79 Å². The van der Waals surface area contributed by atoms with Gasteiger partial charge in [0.15, 0.2) is 0 Å². The van der Waals surface area contributed by atoms with Crippen LogP contribution < -0.4 is 5.32 Å². The number of rotatable bonds is 4. The molecule has 22 heavy (non-hydrogen) atoms. The lowest BCUT2D eigenvalue weighted by Crippen LogP contribution is -2.40. The number of amides is 1. The second-order valence-electron chi connectivity index (χ2n) is 6.05. The van der Waals surface area contributed by atoms with Gasteiger partial charge in [0.2, 0.25) is 5.91 Å². The van der Waals surface area contributed by atoms with Crippen LogP contribution in [0.15, 0.2) is 30.5 Å². The number of anilines is 1. The number of nitrogens with zero attached hydrogens (tertiary/aromatic N) is 3. The average molecular weight is 297 g/mol. The Morgan fingerprint density at radius 2 is 2.23 bits per heavy atom. The van der Waals surface area contributed by atoms with E-state index < -0.39 is 0 Å². The van der Waals surface area contributed by atoms with Gasteiger partial charge in [-0.3, -0.25) is 9.69 Å². The molecule has 2 fully saturated rings. The largest absolute Gasteiger partial charge is 0.325 e. The van der Waals surface area contributed by atoms with Gasteiger partial charge in [-0.2, -0.15) is 15.4 Å². The molecular formula is C16H19N5O. The molecule has 1 atom stereocenters. The van der Waals surface area contributed by atoms with Gasteiger partial charge in [-0.05, 0) is 44.4 Å². The van der Waals surface area contributed by atoms with Crippen molar-refractivity contribution in [2.75, 3.05) is 11.9 Å². The molecule has 2 aromatic rings. The van der Waals surface area contributed by atoms with E-state index in [1.165, 1.54) is 12.8 Å². The second-order valence-corrected chi connectivity index (χ2v) is 6.05. The van der Waals surface area contributed by atoms with Crippen LogP contribution >= 0.6 is 0 Å². The van der Waals surface area contributed by atoms with Crippen LogP contribution in [0, 0.1) is 0 Å². The Morgan fingerprint density at radius 3 is 3.00 bits per heavy atom. The summed E-state index contributed by atoms with van der Waals surface area (Å²) in [6.45, 7) is 1.06. The zero-order valence-electron chi connectivity index (χ0n) is 12.3. The zero-order valence-corrected chi connectivity index (χ0v) is 12.3. The van der Waals surface area contributed by atoms with Gasteiger partial charge in [-0.1, -0.05) is 12.1 Å². The summed E-state index contributed by atoms with van der Waals surface area (Å²) in [6.07, 6.45) is 6.24. The summed E-state index contributed by atoms with van der Waals surface area (Å²) < 4.78 is 0. The number of aromatic nitrogens is 3. The predicted octanol–water partition coefficient (Wildman–Crippen LogP) is 2.04. The molecule has 1 amide bonds. The van der Waals surface area contributed by atoms with Gasteiger partial charge in [0.05, 0.1) is 12.2 Å². The number of carbonyl (C=O) groups excluding carboxylic acids is 1. The van der Waals surface area contributed by atoms with Crippen LogP contribution in [0.25, 0.3) is 11.3 Å². The Morgan fingerprint density at radius 1 is 1.32 bits per heavy atom. The number of nitrogens with one attached hydrogen (secondary N) is 2. The maximum Gasteiger partial charge on any atom is 0.241 e. The Hall–Kier alpha value is -2.21. The van der Waals surface area contributed by atoms with Crippen LogP contribution in [0.5, 0.6) is 0 Å². The minimum Gasteiger partial charge on any atom is -0.325 e. The molecular weight excluding hydrogens is 278 g/mol. The normalized spacial score (nSPS) is 21.9. The Labute approximate surface area is 128 Å². The van der Waals surface area contributed by atoms with Crippen molar-refractivity contribution in [1.29, 1.82) is 0 Å². The Balaban J connectivity index is 1.48. The molecule has 2 aliphatic rings. The molecule has 0 radical (unpaired) electrons. The summed E-state index contributed by atoms with van der Waals surface area (Å²) in [6, 6.07) is 8.40. The first-order valence-electron chi connectivity index (χ1n) is 7.84. The van der Waals surface area contributed by atoms with Crippen LogP contribution in [0.3, 0.4) is 0 Å².